The molecular formula is C12H9ClFNOS. The molecule has 5 heteroatoms. The number of hydrogen-bond acceptors (Lipinski definition) is 3. The average Bonchev–Trinajstić information content (AvgIpc) is 2.75. The molecule has 17 heavy (non-hydrogen) atoms. The molecule has 0 N–H and O–H groups in total. The minimum atomic E-state index is -0.395. The predicted octanol–water partition coefficient (Wildman–Crippen LogP) is 3.29. The number of thiazole rings is 1. The Labute approximate surface area is 107 Å². The van der Waals surface area contributed by atoms with E-state index in [1.54, 1.807) is 17.8 Å². The number of halogens is 2. The molecule has 0 atom stereocenters. The Morgan fingerprint density at radius 2 is 2.24 bits per heavy atom. The number of carbonyl (C=O) groups excluding carboxylic acids is 1. The fraction of sp³-hybridized carbons (Fsp3) is 0.167. The number of carbonyl (C=O) groups is 1. The van der Waals surface area contributed by atoms with Crippen LogP contribution in [-0.4, -0.2) is 10.8 Å². The van der Waals surface area contributed by atoms with Crippen LogP contribution >= 0.6 is 22.9 Å². The van der Waals surface area contributed by atoms with Gasteiger partial charge in [-0.3, -0.25) is 9.78 Å². The van der Waals surface area contributed by atoms with Gasteiger partial charge in [0.25, 0.3) is 0 Å². The Bertz CT molecular complexity index is 527. The Balaban J connectivity index is 2.03. The highest BCUT2D eigenvalue weighted by Crippen LogP contribution is 2.19. The topological polar surface area (TPSA) is 30.0 Å². The number of nitrogens with zero attached hydrogens (tertiary/aromatic N) is 1. The van der Waals surface area contributed by atoms with E-state index in [0.29, 0.717) is 17.0 Å². The van der Waals surface area contributed by atoms with Crippen LogP contribution in [0.5, 0.6) is 0 Å². The fourth-order valence-corrected chi connectivity index (χ4v) is 2.32. The smallest absolute Gasteiger partial charge is 0.142 e. The third-order valence-electron chi connectivity index (χ3n) is 2.26. The second-order valence-electron chi connectivity index (χ2n) is 3.60. The van der Waals surface area contributed by atoms with Gasteiger partial charge in [0.15, 0.2) is 0 Å². The molecule has 0 radical (unpaired) electrons. The molecule has 0 spiro atoms. The maximum absolute atomic E-state index is 12.8. The van der Waals surface area contributed by atoms with E-state index in [4.69, 9.17) is 11.6 Å². The van der Waals surface area contributed by atoms with Crippen LogP contribution in [-0.2, 0) is 17.6 Å². The van der Waals surface area contributed by atoms with Gasteiger partial charge in [-0.15, -0.1) is 11.3 Å². The highest BCUT2D eigenvalue weighted by atomic mass is 35.5. The van der Waals surface area contributed by atoms with Crippen molar-refractivity contribution in [1.82, 2.24) is 4.98 Å². The van der Waals surface area contributed by atoms with Crippen LogP contribution in [0.2, 0.25) is 5.02 Å². The van der Waals surface area contributed by atoms with Crippen molar-refractivity contribution in [2.45, 2.75) is 12.8 Å². The minimum Gasteiger partial charge on any atom is -0.299 e. The van der Waals surface area contributed by atoms with E-state index in [1.165, 1.54) is 23.5 Å². The van der Waals surface area contributed by atoms with Crippen LogP contribution < -0.4 is 0 Å². The zero-order valence-corrected chi connectivity index (χ0v) is 10.4. The van der Waals surface area contributed by atoms with Crippen LogP contribution in [0.1, 0.15) is 10.4 Å². The maximum atomic E-state index is 12.8. The predicted molar refractivity (Wildman–Crippen MR) is 65.9 cm³/mol. The number of ketones is 1. The van der Waals surface area contributed by atoms with Crippen LogP contribution in [0.4, 0.5) is 4.39 Å². The monoisotopic (exact) mass is 269 g/mol. The van der Waals surface area contributed by atoms with Crippen molar-refractivity contribution in [3.05, 3.63) is 51.2 Å². The van der Waals surface area contributed by atoms with Gasteiger partial charge in [-0.1, -0.05) is 17.7 Å². The van der Waals surface area contributed by atoms with Crippen molar-refractivity contribution in [1.29, 1.82) is 0 Å². The summed E-state index contributed by atoms with van der Waals surface area (Å²) in [6.45, 7) is 0. The summed E-state index contributed by atoms with van der Waals surface area (Å²) in [7, 11) is 0. The molecule has 0 aliphatic rings. The molecule has 88 valence electrons. The number of aromatic nitrogens is 1. The number of hydrogen-bond donors (Lipinski definition) is 0. The Morgan fingerprint density at radius 3 is 2.88 bits per heavy atom. The normalized spacial score (nSPS) is 10.5. The van der Waals surface area contributed by atoms with Crippen molar-refractivity contribution in [3.8, 4) is 0 Å². The zero-order chi connectivity index (χ0) is 12.3. The summed E-state index contributed by atoms with van der Waals surface area (Å²) in [5, 5.41) is 0.294. The van der Waals surface area contributed by atoms with Crippen molar-refractivity contribution in [3.63, 3.8) is 0 Å². The first-order chi connectivity index (χ1) is 8.15. The van der Waals surface area contributed by atoms with E-state index in [2.05, 4.69) is 4.98 Å². The highest BCUT2D eigenvalue weighted by Gasteiger charge is 2.09. The molecule has 1 aromatic carbocycles. The fourth-order valence-electron chi connectivity index (χ4n) is 1.46. The SMILES string of the molecule is O=C(Cc1cncs1)Cc1ccc(F)cc1Cl. The van der Waals surface area contributed by atoms with Crippen LogP contribution in [0.3, 0.4) is 0 Å². The standard InChI is InChI=1S/C12H9ClFNOS/c13-12-4-9(14)2-1-8(12)3-10(16)5-11-6-15-7-17-11/h1-2,4,6-7H,3,5H2. The molecule has 0 fully saturated rings. The third-order valence-corrected chi connectivity index (χ3v) is 3.39. The van der Waals surface area contributed by atoms with Gasteiger partial charge in [-0.05, 0) is 17.7 Å². The van der Waals surface area contributed by atoms with Crippen LogP contribution in [0, 0.1) is 5.82 Å². The van der Waals surface area contributed by atoms with Crippen molar-refractivity contribution in [2.24, 2.45) is 0 Å². The van der Waals surface area contributed by atoms with Gasteiger partial charge in [0.1, 0.15) is 11.6 Å². The average molecular weight is 270 g/mol. The van der Waals surface area contributed by atoms with Crippen molar-refractivity contribution >= 4 is 28.7 Å². The van der Waals surface area contributed by atoms with Gasteiger partial charge in [0, 0.05) is 28.9 Å². The first-order valence-electron chi connectivity index (χ1n) is 4.98. The molecule has 2 nitrogen and oxygen atoms in total. The Morgan fingerprint density at radius 1 is 1.41 bits per heavy atom. The van der Waals surface area contributed by atoms with Crippen molar-refractivity contribution in [2.75, 3.05) is 0 Å². The molecule has 0 saturated heterocycles. The van der Waals surface area contributed by atoms with Gasteiger partial charge in [-0.25, -0.2) is 4.39 Å². The third kappa shape index (κ3) is 3.35. The minimum absolute atomic E-state index is 0.0442. The lowest BCUT2D eigenvalue weighted by atomic mass is 10.1. The van der Waals surface area contributed by atoms with Crippen molar-refractivity contribution < 1.29 is 9.18 Å². The van der Waals surface area contributed by atoms with E-state index < -0.39 is 5.82 Å². The lowest BCUT2D eigenvalue weighted by Crippen LogP contribution is -2.06. The molecule has 0 bridgehead atoms. The summed E-state index contributed by atoms with van der Waals surface area (Å²) in [5.74, 6) is -0.351. The summed E-state index contributed by atoms with van der Waals surface area (Å²) in [5.41, 5.74) is 2.34. The van der Waals surface area contributed by atoms with E-state index >= 15 is 0 Å². The lowest BCUT2D eigenvalue weighted by molar-refractivity contribution is -0.117. The molecule has 2 rings (SSSR count). The second kappa shape index (κ2) is 5.38. The quantitative estimate of drug-likeness (QED) is 0.852. The first kappa shape index (κ1) is 12.2. The summed E-state index contributed by atoms with van der Waals surface area (Å²) >= 11 is 7.30. The van der Waals surface area contributed by atoms with Crippen LogP contribution in [0.15, 0.2) is 29.9 Å². The Kier molecular flexibility index (Phi) is 3.86. The van der Waals surface area contributed by atoms with E-state index in [-0.39, 0.29) is 12.2 Å². The number of rotatable bonds is 4. The van der Waals surface area contributed by atoms with Gasteiger partial charge in [0.2, 0.25) is 0 Å². The second-order valence-corrected chi connectivity index (χ2v) is 4.97. The summed E-state index contributed by atoms with van der Waals surface area (Å²) < 4.78 is 12.8. The van der Waals surface area contributed by atoms with E-state index in [0.717, 1.165) is 4.88 Å². The molecule has 0 unspecified atom stereocenters. The summed E-state index contributed by atoms with van der Waals surface area (Å²) in [6, 6.07) is 4.07. The first-order valence-corrected chi connectivity index (χ1v) is 6.24. The zero-order valence-electron chi connectivity index (χ0n) is 8.82. The molecule has 2 aromatic rings. The van der Waals surface area contributed by atoms with Gasteiger partial charge >= 0.3 is 0 Å². The molecule has 0 amide bonds. The lowest BCUT2D eigenvalue weighted by Gasteiger charge is -2.03. The van der Waals surface area contributed by atoms with Gasteiger partial charge < -0.3 is 0 Å². The Hall–Kier alpha value is -1.26. The summed E-state index contributed by atoms with van der Waals surface area (Å²) in [4.78, 5) is 16.6. The van der Waals surface area contributed by atoms with E-state index in [9.17, 15) is 9.18 Å². The molecular weight excluding hydrogens is 261 g/mol. The van der Waals surface area contributed by atoms with Gasteiger partial charge in [0.05, 0.1) is 5.51 Å². The summed E-state index contributed by atoms with van der Waals surface area (Å²) in [6.07, 6.45) is 2.24. The van der Waals surface area contributed by atoms with E-state index in [1.807, 2.05) is 0 Å². The number of benzene rings is 1. The maximum Gasteiger partial charge on any atom is 0.142 e. The highest BCUT2D eigenvalue weighted by molar-refractivity contribution is 7.09. The molecule has 0 aliphatic heterocycles. The van der Waals surface area contributed by atoms with Crippen LogP contribution in [0.25, 0.3) is 0 Å². The van der Waals surface area contributed by atoms with Gasteiger partial charge in [-0.2, -0.15) is 0 Å². The molecule has 1 aromatic heterocycles. The molecule has 0 aliphatic carbocycles. The molecule has 1 heterocycles. The number of Topliss-reactive ketones (excluding diaryl/α,β-unsaturated/α-hetero) is 1. The molecule has 0 saturated carbocycles. The largest absolute Gasteiger partial charge is 0.299 e.